The second-order valence-corrected chi connectivity index (χ2v) is 6.38. The zero-order valence-corrected chi connectivity index (χ0v) is 13.5. The molecule has 1 amide bonds. The highest BCUT2D eigenvalue weighted by Crippen LogP contribution is 2.31. The Morgan fingerprint density at radius 3 is 2.75 bits per heavy atom. The fraction of sp³-hybridized carbons (Fsp3) is 0. The number of thiazole rings is 2. The highest BCUT2D eigenvalue weighted by atomic mass is 32.1. The van der Waals surface area contributed by atoms with E-state index < -0.39 is 11.9 Å². The largest absolute Gasteiger partial charge is 0.478 e. The number of carbonyl (C=O) groups excluding carboxylic acids is 1. The molecule has 0 unspecified atom stereocenters. The van der Waals surface area contributed by atoms with Gasteiger partial charge < -0.3 is 5.11 Å². The minimum atomic E-state index is -1.11. The van der Waals surface area contributed by atoms with Gasteiger partial charge in [-0.15, -0.1) is 11.3 Å². The van der Waals surface area contributed by atoms with Gasteiger partial charge in [0, 0.05) is 17.1 Å². The summed E-state index contributed by atoms with van der Waals surface area (Å²) in [6.07, 6.45) is 1.61. The van der Waals surface area contributed by atoms with E-state index >= 15 is 0 Å². The lowest BCUT2D eigenvalue weighted by molar-refractivity contribution is 0.0697. The fourth-order valence-corrected chi connectivity index (χ4v) is 3.35. The van der Waals surface area contributed by atoms with E-state index in [0.717, 1.165) is 11.3 Å². The van der Waals surface area contributed by atoms with E-state index in [4.69, 9.17) is 5.11 Å². The topological polar surface area (TPSA) is 116 Å². The van der Waals surface area contributed by atoms with E-state index in [1.165, 1.54) is 35.6 Å². The first-order valence-electron chi connectivity index (χ1n) is 6.54. The smallest absolute Gasteiger partial charge is 0.335 e. The molecule has 0 spiro atoms. The van der Waals surface area contributed by atoms with Crippen LogP contribution >= 0.6 is 22.7 Å². The molecule has 0 fully saturated rings. The van der Waals surface area contributed by atoms with Crippen LogP contribution in [0.4, 0.5) is 5.13 Å². The molecule has 9 heteroatoms. The first-order valence-corrected chi connectivity index (χ1v) is 8.23. The van der Waals surface area contributed by atoms with Gasteiger partial charge in [0.05, 0.1) is 5.56 Å². The number of anilines is 1. The molecule has 1 aromatic carbocycles. The van der Waals surface area contributed by atoms with Crippen molar-refractivity contribution in [2.45, 2.75) is 0 Å². The fourth-order valence-electron chi connectivity index (χ4n) is 1.90. The zero-order chi connectivity index (χ0) is 17.1. The molecule has 2 N–H and O–H groups in total. The van der Waals surface area contributed by atoms with E-state index in [1.807, 2.05) is 6.07 Å². The van der Waals surface area contributed by atoms with Crippen molar-refractivity contribution in [2.75, 3.05) is 5.32 Å². The number of nitriles is 1. The summed E-state index contributed by atoms with van der Waals surface area (Å²) in [5.41, 5.74) is 0.634. The first-order chi connectivity index (χ1) is 11.6. The lowest BCUT2D eigenvalue weighted by Crippen LogP contribution is -2.12. The van der Waals surface area contributed by atoms with Crippen LogP contribution in [0.15, 0.2) is 35.8 Å². The SMILES string of the molecule is N#Cc1sc(NC(=O)c2cccc(C(=O)O)c2)nc1-c1nccs1. The number of nitrogens with one attached hydrogen (secondary N) is 1. The maximum Gasteiger partial charge on any atom is 0.335 e. The Hall–Kier alpha value is -3.09. The van der Waals surface area contributed by atoms with Crippen LogP contribution < -0.4 is 5.32 Å². The normalized spacial score (nSPS) is 10.1. The number of carboxylic acid groups (broad SMARTS) is 1. The molecule has 0 radical (unpaired) electrons. The summed E-state index contributed by atoms with van der Waals surface area (Å²) >= 11 is 2.38. The van der Waals surface area contributed by atoms with Gasteiger partial charge in [0.2, 0.25) is 0 Å². The van der Waals surface area contributed by atoms with Crippen LogP contribution in [-0.2, 0) is 0 Å². The highest BCUT2D eigenvalue weighted by Gasteiger charge is 2.17. The first kappa shape index (κ1) is 15.8. The number of benzene rings is 1. The van der Waals surface area contributed by atoms with Gasteiger partial charge in [0.25, 0.3) is 5.91 Å². The van der Waals surface area contributed by atoms with Crippen molar-refractivity contribution >= 4 is 39.7 Å². The standard InChI is InChI=1S/C15H8N4O3S2/c16-7-10-11(13-17-4-5-23-13)18-15(24-10)19-12(20)8-2-1-3-9(6-8)14(21)22/h1-6H,(H,21,22)(H,18,19,20). The molecule has 3 aromatic rings. The Kier molecular flexibility index (Phi) is 4.33. The Bertz CT molecular complexity index is 958. The van der Waals surface area contributed by atoms with E-state index in [-0.39, 0.29) is 16.3 Å². The number of hydrogen-bond acceptors (Lipinski definition) is 7. The maximum absolute atomic E-state index is 12.3. The van der Waals surface area contributed by atoms with Crippen LogP contribution in [0.5, 0.6) is 0 Å². The Balaban J connectivity index is 1.86. The van der Waals surface area contributed by atoms with Crippen LogP contribution in [0.1, 0.15) is 25.6 Å². The van der Waals surface area contributed by atoms with Gasteiger partial charge in [-0.3, -0.25) is 10.1 Å². The van der Waals surface area contributed by atoms with Crippen LogP contribution in [0.2, 0.25) is 0 Å². The molecule has 3 rings (SSSR count). The van der Waals surface area contributed by atoms with Crippen LogP contribution in [0.25, 0.3) is 10.7 Å². The molecular formula is C15H8N4O3S2. The molecule has 7 nitrogen and oxygen atoms in total. The highest BCUT2D eigenvalue weighted by molar-refractivity contribution is 7.17. The summed E-state index contributed by atoms with van der Waals surface area (Å²) in [4.78, 5) is 31.9. The van der Waals surface area contributed by atoms with Crippen LogP contribution in [0, 0.1) is 11.3 Å². The summed E-state index contributed by atoms with van der Waals surface area (Å²) in [6, 6.07) is 7.70. The molecule has 24 heavy (non-hydrogen) atoms. The van der Waals surface area contributed by atoms with Gasteiger partial charge in [-0.2, -0.15) is 5.26 Å². The molecule has 0 bridgehead atoms. The van der Waals surface area contributed by atoms with Crippen molar-refractivity contribution in [2.24, 2.45) is 0 Å². The quantitative estimate of drug-likeness (QED) is 0.742. The van der Waals surface area contributed by atoms with Gasteiger partial charge >= 0.3 is 5.97 Å². The molecule has 0 saturated carbocycles. The monoisotopic (exact) mass is 356 g/mol. The predicted molar refractivity (Wildman–Crippen MR) is 89.3 cm³/mol. The number of amides is 1. The zero-order valence-electron chi connectivity index (χ0n) is 11.9. The summed E-state index contributed by atoms with van der Waals surface area (Å²) in [5, 5.41) is 23.4. The minimum absolute atomic E-state index is 0.0166. The molecule has 0 aliphatic rings. The number of nitrogens with zero attached hydrogens (tertiary/aromatic N) is 3. The van der Waals surface area contributed by atoms with Gasteiger partial charge in [0.15, 0.2) is 5.13 Å². The van der Waals surface area contributed by atoms with Crippen molar-refractivity contribution in [3.8, 4) is 16.8 Å². The summed E-state index contributed by atoms with van der Waals surface area (Å²) < 4.78 is 0. The van der Waals surface area contributed by atoms with E-state index in [2.05, 4.69) is 15.3 Å². The maximum atomic E-state index is 12.3. The summed E-state index contributed by atoms with van der Waals surface area (Å²) in [5.74, 6) is -1.61. The van der Waals surface area contributed by atoms with Crippen molar-refractivity contribution < 1.29 is 14.7 Å². The van der Waals surface area contributed by atoms with Crippen LogP contribution in [-0.4, -0.2) is 27.0 Å². The van der Waals surface area contributed by atoms with Crippen molar-refractivity contribution in [3.63, 3.8) is 0 Å². The number of carbonyl (C=O) groups is 2. The Morgan fingerprint density at radius 2 is 2.08 bits per heavy atom. The minimum Gasteiger partial charge on any atom is -0.478 e. The number of aromatic carboxylic acids is 1. The molecule has 0 atom stereocenters. The summed E-state index contributed by atoms with van der Waals surface area (Å²) in [6.45, 7) is 0. The van der Waals surface area contributed by atoms with Gasteiger partial charge in [-0.25, -0.2) is 14.8 Å². The third kappa shape index (κ3) is 3.15. The van der Waals surface area contributed by atoms with Crippen molar-refractivity contribution in [3.05, 3.63) is 51.8 Å². The van der Waals surface area contributed by atoms with Gasteiger partial charge in [-0.05, 0) is 18.2 Å². The average Bonchev–Trinajstić information content (AvgIpc) is 3.23. The van der Waals surface area contributed by atoms with Crippen LogP contribution in [0.3, 0.4) is 0 Å². The number of hydrogen-bond donors (Lipinski definition) is 2. The number of rotatable bonds is 4. The molecule has 0 aliphatic carbocycles. The van der Waals surface area contributed by atoms with E-state index in [9.17, 15) is 14.9 Å². The third-order valence-electron chi connectivity index (χ3n) is 2.96. The molecule has 2 aromatic heterocycles. The lowest BCUT2D eigenvalue weighted by atomic mass is 10.1. The van der Waals surface area contributed by atoms with Gasteiger partial charge in [-0.1, -0.05) is 17.4 Å². The molecule has 2 heterocycles. The number of aromatic nitrogens is 2. The molecule has 0 aliphatic heterocycles. The third-order valence-corrected chi connectivity index (χ3v) is 4.61. The second-order valence-electron chi connectivity index (χ2n) is 4.49. The number of carboxylic acids is 1. The van der Waals surface area contributed by atoms with E-state index in [1.54, 1.807) is 11.6 Å². The lowest BCUT2D eigenvalue weighted by Gasteiger charge is -2.02. The Labute approximate surface area is 143 Å². The molecule has 0 saturated heterocycles. The predicted octanol–water partition coefficient (Wildman–Crippen LogP) is 3.09. The van der Waals surface area contributed by atoms with E-state index in [0.29, 0.717) is 15.6 Å². The van der Waals surface area contributed by atoms with Crippen molar-refractivity contribution in [1.82, 2.24) is 9.97 Å². The summed E-state index contributed by atoms with van der Waals surface area (Å²) in [7, 11) is 0. The van der Waals surface area contributed by atoms with Gasteiger partial charge in [0.1, 0.15) is 21.6 Å². The molecular weight excluding hydrogens is 348 g/mol. The Morgan fingerprint density at radius 1 is 1.29 bits per heavy atom. The molecule has 118 valence electrons. The second kappa shape index (κ2) is 6.57. The average molecular weight is 356 g/mol. The van der Waals surface area contributed by atoms with Crippen molar-refractivity contribution in [1.29, 1.82) is 5.26 Å².